The molecule has 0 aliphatic carbocycles. The van der Waals surface area contributed by atoms with Crippen LogP contribution in [0.2, 0.25) is 10.0 Å². The van der Waals surface area contributed by atoms with E-state index in [4.69, 9.17) is 27.9 Å². The maximum Gasteiger partial charge on any atom is 0.339 e. The van der Waals surface area contributed by atoms with E-state index in [0.29, 0.717) is 26.9 Å². The monoisotopic (exact) mass is 364 g/mol. The van der Waals surface area contributed by atoms with Crippen molar-refractivity contribution in [1.29, 1.82) is 0 Å². The van der Waals surface area contributed by atoms with Crippen LogP contribution in [0.3, 0.4) is 0 Å². The van der Waals surface area contributed by atoms with Crippen LogP contribution in [0.25, 0.3) is 0 Å². The second-order valence-electron chi connectivity index (χ2n) is 5.00. The van der Waals surface area contributed by atoms with Gasteiger partial charge in [-0.1, -0.05) is 41.4 Å². The van der Waals surface area contributed by atoms with Crippen LogP contribution < -0.4 is 5.32 Å². The first-order valence-corrected chi connectivity index (χ1v) is 7.58. The highest BCUT2D eigenvalue weighted by molar-refractivity contribution is 6.35. The number of esters is 1. The van der Waals surface area contributed by atoms with Crippen molar-refractivity contribution in [3.63, 3.8) is 0 Å². The lowest BCUT2D eigenvalue weighted by Crippen LogP contribution is -2.12. The molecule has 0 bridgehead atoms. The summed E-state index contributed by atoms with van der Waals surface area (Å²) in [5.41, 5.74) is 0.950. The Bertz CT molecular complexity index is 847. The highest BCUT2D eigenvalue weighted by atomic mass is 35.5. The number of fused-ring (bicyclic) bond motifs is 1. The van der Waals surface area contributed by atoms with Gasteiger partial charge < -0.3 is 10.1 Å². The van der Waals surface area contributed by atoms with Crippen molar-refractivity contribution < 1.29 is 14.5 Å². The van der Waals surface area contributed by atoms with Crippen molar-refractivity contribution in [3.8, 4) is 0 Å². The predicted octanol–water partition coefficient (Wildman–Crippen LogP) is 4.44. The van der Waals surface area contributed by atoms with E-state index in [1.54, 1.807) is 42.5 Å². The Morgan fingerprint density at radius 1 is 1.21 bits per heavy atom. The largest absolute Gasteiger partial charge is 0.442 e. The molecule has 0 amide bonds. The maximum absolute atomic E-state index is 11.8. The smallest absolute Gasteiger partial charge is 0.339 e. The molecule has 0 unspecified atom stereocenters. The number of carbonyl (C=O) groups excluding carboxylic acids is 1. The van der Waals surface area contributed by atoms with Gasteiger partial charge in [0, 0.05) is 21.3 Å². The first-order valence-electron chi connectivity index (χ1n) is 6.82. The summed E-state index contributed by atoms with van der Waals surface area (Å²) >= 11 is 11.8. The molecule has 1 aliphatic rings. The lowest BCUT2D eigenvalue weighted by Gasteiger charge is -2.09. The molecule has 3 rings (SSSR count). The molecule has 1 heterocycles. The molecule has 0 aromatic heterocycles. The Kier molecular flexibility index (Phi) is 4.42. The molecular formula is C16H10Cl2N2O4. The van der Waals surface area contributed by atoms with E-state index in [1.165, 1.54) is 6.20 Å². The molecule has 1 aliphatic heterocycles. The normalized spacial score (nSPS) is 16.5. The summed E-state index contributed by atoms with van der Waals surface area (Å²) in [7, 11) is 0. The van der Waals surface area contributed by atoms with Gasteiger partial charge in [0.1, 0.15) is 0 Å². The van der Waals surface area contributed by atoms with Gasteiger partial charge in [-0.25, -0.2) is 4.79 Å². The summed E-state index contributed by atoms with van der Waals surface area (Å²) < 4.78 is 5.15. The van der Waals surface area contributed by atoms with E-state index in [0.717, 1.165) is 0 Å². The lowest BCUT2D eigenvalue weighted by atomic mass is 10.0. The molecule has 0 radical (unpaired) electrons. The molecule has 24 heavy (non-hydrogen) atoms. The summed E-state index contributed by atoms with van der Waals surface area (Å²) in [6.45, 7) is 0. The predicted molar refractivity (Wildman–Crippen MR) is 89.8 cm³/mol. The molecule has 0 saturated carbocycles. The number of nitro groups is 1. The Labute approximate surface area is 146 Å². The van der Waals surface area contributed by atoms with Crippen molar-refractivity contribution in [1.82, 2.24) is 0 Å². The number of hydrogen-bond acceptors (Lipinski definition) is 5. The third kappa shape index (κ3) is 3.20. The lowest BCUT2D eigenvalue weighted by molar-refractivity contribution is -0.436. The molecule has 8 heteroatoms. The number of nitrogens with one attached hydrogen (secondary N) is 1. The molecular weight excluding hydrogens is 355 g/mol. The van der Waals surface area contributed by atoms with Gasteiger partial charge in [0.25, 0.3) is 0 Å². The average Bonchev–Trinajstić information content (AvgIpc) is 2.84. The van der Waals surface area contributed by atoms with Crippen molar-refractivity contribution in [2.45, 2.75) is 6.10 Å². The highest BCUT2D eigenvalue weighted by Gasteiger charge is 2.39. The fourth-order valence-corrected chi connectivity index (χ4v) is 2.91. The zero-order valence-electron chi connectivity index (χ0n) is 12.0. The Balaban J connectivity index is 1.94. The van der Waals surface area contributed by atoms with Crippen molar-refractivity contribution >= 4 is 34.9 Å². The number of benzene rings is 2. The van der Waals surface area contributed by atoms with Crippen LogP contribution in [0.15, 0.2) is 54.4 Å². The third-order valence-electron chi connectivity index (χ3n) is 3.42. The first kappa shape index (κ1) is 16.3. The van der Waals surface area contributed by atoms with E-state index < -0.39 is 17.0 Å². The van der Waals surface area contributed by atoms with Crippen LogP contribution in [0.1, 0.15) is 22.0 Å². The standard InChI is InChI=1S/C16H10Cl2N2O4/c17-9-5-10(18)7-11(6-9)19-8-14(20(22)23)15-12-3-1-2-4-13(12)16(21)24-15/h1-8,15,19H/t15-/m1/s1. The first-order chi connectivity index (χ1) is 11.5. The van der Waals surface area contributed by atoms with Gasteiger partial charge in [0.2, 0.25) is 6.10 Å². The van der Waals surface area contributed by atoms with E-state index in [-0.39, 0.29) is 5.70 Å². The fourth-order valence-electron chi connectivity index (χ4n) is 2.38. The summed E-state index contributed by atoms with van der Waals surface area (Å²) in [6.07, 6.45) is 0.0908. The van der Waals surface area contributed by atoms with Crippen LogP contribution in [0, 0.1) is 10.1 Å². The summed E-state index contributed by atoms with van der Waals surface area (Å²) in [5.74, 6) is -0.589. The second-order valence-corrected chi connectivity index (χ2v) is 5.87. The van der Waals surface area contributed by atoms with Crippen LogP contribution in [-0.2, 0) is 4.74 Å². The van der Waals surface area contributed by atoms with Crippen LogP contribution in [0.5, 0.6) is 0 Å². The molecule has 0 saturated heterocycles. The number of ether oxygens (including phenoxy) is 1. The molecule has 1 N–H and O–H groups in total. The van der Waals surface area contributed by atoms with Crippen molar-refractivity contribution in [2.75, 3.05) is 5.32 Å². The Morgan fingerprint density at radius 2 is 1.88 bits per heavy atom. The van der Waals surface area contributed by atoms with Gasteiger partial charge in [0.05, 0.1) is 16.7 Å². The van der Waals surface area contributed by atoms with E-state index in [1.807, 2.05) is 0 Å². The zero-order chi connectivity index (χ0) is 17.3. The van der Waals surface area contributed by atoms with Crippen molar-refractivity contribution in [2.24, 2.45) is 0 Å². The molecule has 6 nitrogen and oxygen atoms in total. The number of hydrogen-bond donors (Lipinski definition) is 1. The second kappa shape index (κ2) is 6.51. The average molecular weight is 365 g/mol. The van der Waals surface area contributed by atoms with Gasteiger partial charge in [-0.15, -0.1) is 0 Å². The minimum Gasteiger partial charge on any atom is -0.442 e. The minimum absolute atomic E-state index is 0.301. The quantitative estimate of drug-likeness (QED) is 0.492. The van der Waals surface area contributed by atoms with Crippen LogP contribution in [-0.4, -0.2) is 10.9 Å². The van der Waals surface area contributed by atoms with Crippen molar-refractivity contribution in [3.05, 3.63) is 85.6 Å². The highest BCUT2D eigenvalue weighted by Crippen LogP contribution is 2.36. The van der Waals surface area contributed by atoms with Gasteiger partial charge in [-0.2, -0.15) is 0 Å². The molecule has 0 spiro atoms. The number of anilines is 1. The molecule has 2 aromatic rings. The van der Waals surface area contributed by atoms with Crippen LogP contribution >= 0.6 is 23.2 Å². The van der Waals surface area contributed by atoms with Gasteiger partial charge >= 0.3 is 11.7 Å². The van der Waals surface area contributed by atoms with Crippen LogP contribution in [0.4, 0.5) is 5.69 Å². The number of cyclic esters (lactones) is 1. The van der Waals surface area contributed by atoms with Gasteiger partial charge in [-0.3, -0.25) is 10.1 Å². The number of halogens is 2. The van der Waals surface area contributed by atoms with E-state index >= 15 is 0 Å². The topological polar surface area (TPSA) is 81.5 Å². The molecule has 1 atom stereocenters. The Hall–Kier alpha value is -2.57. The molecule has 0 fully saturated rings. The summed E-state index contributed by atoms with van der Waals surface area (Å²) in [5, 5.41) is 15.0. The SMILES string of the molecule is O=C1O[C@@H](C(=CNc2cc(Cl)cc(Cl)c2)[N+](=O)[O-])c2ccccc21. The maximum atomic E-state index is 11.8. The Morgan fingerprint density at radius 3 is 2.54 bits per heavy atom. The number of rotatable bonds is 4. The van der Waals surface area contributed by atoms with Gasteiger partial charge in [-0.05, 0) is 24.3 Å². The number of carbonyl (C=O) groups is 1. The number of nitrogens with zero attached hydrogens (tertiary/aromatic N) is 1. The fraction of sp³-hybridized carbons (Fsp3) is 0.0625. The zero-order valence-corrected chi connectivity index (χ0v) is 13.5. The summed E-state index contributed by atoms with van der Waals surface area (Å²) in [6, 6.07) is 11.2. The third-order valence-corrected chi connectivity index (χ3v) is 3.85. The molecule has 122 valence electrons. The minimum atomic E-state index is -1.08. The van der Waals surface area contributed by atoms with E-state index in [2.05, 4.69) is 5.32 Å². The van der Waals surface area contributed by atoms with E-state index in [9.17, 15) is 14.9 Å². The summed E-state index contributed by atoms with van der Waals surface area (Å²) in [4.78, 5) is 22.7. The molecule has 2 aromatic carbocycles. The van der Waals surface area contributed by atoms with Gasteiger partial charge in [0.15, 0.2) is 0 Å².